The van der Waals surface area contributed by atoms with Crippen molar-refractivity contribution >= 4 is 11.8 Å². The van der Waals surface area contributed by atoms with Crippen LogP contribution in [0.4, 0.5) is 0 Å². The van der Waals surface area contributed by atoms with Gasteiger partial charge in [-0.15, -0.1) is 0 Å². The largest absolute Gasteiger partial charge is 0.459 e. The highest BCUT2D eigenvalue weighted by atomic mass is 16.3. The lowest BCUT2D eigenvalue weighted by Crippen LogP contribution is -2.31. The Hall–Kier alpha value is -1.86. The third-order valence-electron chi connectivity index (χ3n) is 2.52. The van der Waals surface area contributed by atoms with E-state index in [-0.39, 0.29) is 11.7 Å². The Kier molecular flexibility index (Phi) is 5.34. The van der Waals surface area contributed by atoms with Crippen molar-refractivity contribution in [3.8, 4) is 0 Å². The summed E-state index contributed by atoms with van der Waals surface area (Å²) in [4.78, 5) is 24.4. The maximum absolute atomic E-state index is 11.4. The minimum Gasteiger partial charge on any atom is -0.459 e. The van der Waals surface area contributed by atoms with Gasteiger partial charge in [0.05, 0.1) is 6.26 Å². The van der Waals surface area contributed by atoms with Crippen molar-refractivity contribution < 1.29 is 14.0 Å². The molecule has 0 aliphatic heterocycles. The number of nitrogens with zero attached hydrogens (tertiary/aromatic N) is 1. The van der Waals surface area contributed by atoms with Gasteiger partial charge in [0.15, 0.2) is 5.76 Å². The van der Waals surface area contributed by atoms with E-state index in [9.17, 15) is 9.59 Å². The average Bonchev–Trinajstić information content (AvgIpc) is 2.82. The number of carbonyl (C=O) groups is 2. The average molecular weight is 254 g/mol. The lowest BCUT2D eigenvalue weighted by molar-refractivity contribution is -0.120. The van der Waals surface area contributed by atoms with Gasteiger partial charge in [-0.05, 0) is 13.1 Å². The number of furan rings is 1. The smallest absolute Gasteiger partial charge is 0.301 e. The van der Waals surface area contributed by atoms with Gasteiger partial charge in [0.2, 0.25) is 5.91 Å². The first-order valence-corrected chi connectivity index (χ1v) is 5.55. The fraction of sp³-hybridized carbons (Fsp3) is 0.455. The summed E-state index contributed by atoms with van der Waals surface area (Å²) in [6, 6.07) is 1.71. The summed E-state index contributed by atoms with van der Waals surface area (Å²) in [6.45, 7) is 1.10. The minimum atomic E-state index is -0.463. The molecule has 7 nitrogen and oxygen atoms in total. The standard InChI is InChI=1S/C11H18N4O3/c1-13-9(16)3-5-15(2)7-8-4-6-18-10(8)11(17)14-12/h4,6H,3,5,7,12H2,1-2H3,(H,13,16)(H,14,17). The highest BCUT2D eigenvalue weighted by Gasteiger charge is 2.15. The summed E-state index contributed by atoms with van der Waals surface area (Å²) >= 11 is 0. The molecule has 2 amide bonds. The van der Waals surface area contributed by atoms with Crippen molar-refractivity contribution in [3.05, 3.63) is 23.7 Å². The second-order valence-corrected chi connectivity index (χ2v) is 3.91. The molecule has 0 aromatic carbocycles. The zero-order valence-corrected chi connectivity index (χ0v) is 10.5. The highest BCUT2D eigenvalue weighted by Crippen LogP contribution is 2.12. The third-order valence-corrected chi connectivity index (χ3v) is 2.52. The molecule has 0 spiro atoms. The molecule has 1 heterocycles. The lowest BCUT2D eigenvalue weighted by atomic mass is 10.2. The highest BCUT2D eigenvalue weighted by molar-refractivity contribution is 5.92. The van der Waals surface area contributed by atoms with Crippen LogP contribution in [-0.2, 0) is 11.3 Å². The number of nitrogen functional groups attached to an aromatic ring is 1. The van der Waals surface area contributed by atoms with E-state index in [1.165, 1.54) is 6.26 Å². The van der Waals surface area contributed by atoms with Gasteiger partial charge in [0.25, 0.3) is 0 Å². The Balaban J connectivity index is 2.54. The number of amides is 2. The maximum atomic E-state index is 11.4. The molecule has 0 saturated heterocycles. The number of carbonyl (C=O) groups excluding carboxylic acids is 2. The van der Waals surface area contributed by atoms with E-state index in [2.05, 4.69) is 5.32 Å². The predicted octanol–water partition coefficient (Wildman–Crippen LogP) is -0.549. The lowest BCUT2D eigenvalue weighted by Gasteiger charge is -2.15. The van der Waals surface area contributed by atoms with Crippen LogP contribution in [0, 0.1) is 0 Å². The van der Waals surface area contributed by atoms with E-state index in [0.717, 1.165) is 5.56 Å². The van der Waals surface area contributed by atoms with Crippen molar-refractivity contribution in [1.29, 1.82) is 0 Å². The second kappa shape index (κ2) is 6.77. The SMILES string of the molecule is CNC(=O)CCN(C)Cc1ccoc1C(=O)NN. The van der Waals surface area contributed by atoms with Crippen LogP contribution in [0.1, 0.15) is 22.5 Å². The molecule has 100 valence electrons. The zero-order valence-electron chi connectivity index (χ0n) is 10.5. The number of hydrogen-bond donors (Lipinski definition) is 3. The van der Waals surface area contributed by atoms with Gasteiger partial charge in [-0.1, -0.05) is 0 Å². The molecule has 7 heteroatoms. The van der Waals surface area contributed by atoms with Crippen LogP contribution in [0.2, 0.25) is 0 Å². The van der Waals surface area contributed by atoms with E-state index in [1.54, 1.807) is 13.1 Å². The Morgan fingerprint density at radius 2 is 2.22 bits per heavy atom. The van der Waals surface area contributed by atoms with E-state index in [1.807, 2.05) is 17.4 Å². The molecule has 0 unspecified atom stereocenters. The number of hydrazine groups is 1. The Morgan fingerprint density at radius 3 is 2.83 bits per heavy atom. The molecule has 18 heavy (non-hydrogen) atoms. The molecule has 0 aliphatic carbocycles. The van der Waals surface area contributed by atoms with Crippen molar-refractivity contribution in [3.63, 3.8) is 0 Å². The quantitative estimate of drug-likeness (QED) is 0.359. The molecular weight excluding hydrogens is 236 g/mol. The van der Waals surface area contributed by atoms with Crippen LogP contribution in [0.3, 0.4) is 0 Å². The van der Waals surface area contributed by atoms with Gasteiger partial charge >= 0.3 is 5.91 Å². The normalized spacial score (nSPS) is 10.4. The van der Waals surface area contributed by atoms with Crippen LogP contribution in [0.15, 0.2) is 16.7 Å². The zero-order chi connectivity index (χ0) is 13.5. The van der Waals surface area contributed by atoms with Gasteiger partial charge in [-0.2, -0.15) is 0 Å². The van der Waals surface area contributed by atoms with E-state index >= 15 is 0 Å². The molecule has 0 bridgehead atoms. The fourth-order valence-corrected chi connectivity index (χ4v) is 1.51. The molecule has 1 aromatic heterocycles. The van der Waals surface area contributed by atoms with Crippen LogP contribution in [-0.4, -0.2) is 37.4 Å². The number of hydrogen-bond acceptors (Lipinski definition) is 5. The van der Waals surface area contributed by atoms with Gasteiger partial charge in [0.1, 0.15) is 0 Å². The van der Waals surface area contributed by atoms with Gasteiger partial charge in [-0.3, -0.25) is 15.0 Å². The minimum absolute atomic E-state index is 0.0195. The summed E-state index contributed by atoms with van der Waals surface area (Å²) in [5.74, 6) is 4.77. The Morgan fingerprint density at radius 1 is 1.50 bits per heavy atom. The van der Waals surface area contributed by atoms with Crippen molar-refractivity contribution in [2.45, 2.75) is 13.0 Å². The van der Waals surface area contributed by atoms with Crippen LogP contribution in [0.25, 0.3) is 0 Å². The predicted molar refractivity (Wildman–Crippen MR) is 65.4 cm³/mol. The third kappa shape index (κ3) is 3.86. The number of rotatable bonds is 6. The van der Waals surface area contributed by atoms with Crippen molar-refractivity contribution in [2.75, 3.05) is 20.6 Å². The first-order valence-electron chi connectivity index (χ1n) is 5.55. The van der Waals surface area contributed by atoms with Crippen LogP contribution in [0.5, 0.6) is 0 Å². The molecule has 4 N–H and O–H groups in total. The molecule has 0 atom stereocenters. The summed E-state index contributed by atoms with van der Waals surface area (Å²) in [5.41, 5.74) is 2.76. The van der Waals surface area contributed by atoms with Crippen molar-refractivity contribution in [2.24, 2.45) is 5.84 Å². The molecule has 1 aromatic rings. The first-order chi connectivity index (χ1) is 8.58. The Labute approximate surface area is 105 Å². The molecule has 0 fully saturated rings. The van der Waals surface area contributed by atoms with Gasteiger partial charge < -0.3 is 14.6 Å². The molecule has 1 rings (SSSR count). The van der Waals surface area contributed by atoms with Gasteiger partial charge in [-0.25, -0.2) is 5.84 Å². The summed E-state index contributed by atoms with van der Waals surface area (Å²) < 4.78 is 5.07. The van der Waals surface area contributed by atoms with E-state index in [0.29, 0.717) is 19.5 Å². The molecule has 0 aliphatic rings. The molecule has 0 saturated carbocycles. The summed E-state index contributed by atoms with van der Waals surface area (Å²) in [7, 11) is 3.46. The summed E-state index contributed by atoms with van der Waals surface area (Å²) in [6.07, 6.45) is 1.84. The van der Waals surface area contributed by atoms with E-state index in [4.69, 9.17) is 10.3 Å². The number of nitrogens with one attached hydrogen (secondary N) is 2. The summed E-state index contributed by atoms with van der Waals surface area (Å²) in [5, 5.41) is 2.55. The van der Waals surface area contributed by atoms with Crippen LogP contribution < -0.4 is 16.6 Å². The topological polar surface area (TPSA) is 101 Å². The first kappa shape index (κ1) is 14.2. The van der Waals surface area contributed by atoms with Crippen LogP contribution >= 0.6 is 0 Å². The van der Waals surface area contributed by atoms with E-state index < -0.39 is 5.91 Å². The van der Waals surface area contributed by atoms with Gasteiger partial charge in [0, 0.05) is 32.1 Å². The van der Waals surface area contributed by atoms with Crippen molar-refractivity contribution in [1.82, 2.24) is 15.6 Å². The Bertz CT molecular complexity index is 416. The molecular formula is C11H18N4O3. The maximum Gasteiger partial charge on any atom is 0.301 e. The second-order valence-electron chi connectivity index (χ2n) is 3.91. The fourth-order valence-electron chi connectivity index (χ4n) is 1.51. The number of nitrogens with two attached hydrogens (primary N) is 1. The molecule has 0 radical (unpaired) electrons. The monoisotopic (exact) mass is 254 g/mol.